The molecular formula is C11H16BrNO2S. The van der Waals surface area contributed by atoms with Gasteiger partial charge in [0, 0.05) is 10.2 Å². The predicted octanol–water partition coefficient (Wildman–Crippen LogP) is 3.30. The minimum atomic E-state index is -3.36. The first-order valence-corrected chi connectivity index (χ1v) is 7.19. The summed E-state index contributed by atoms with van der Waals surface area (Å²) >= 11 is 3.34. The van der Waals surface area contributed by atoms with Crippen LogP contribution in [-0.2, 0) is 10.0 Å². The van der Waals surface area contributed by atoms with Crippen molar-refractivity contribution in [1.29, 1.82) is 0 Å². The maximum atomic E-state index is 11.9. The number of rotatable bonds is 2. The van der Waals surface area contributed by atoms with Crippen LogP contribution in [-0.4, -0.2) is 13.2 Å². The second kappa shape index (κ2) is 4.37. The van der Waals surface area contributed by atoms with Crippen LogP contribution in [0.5, 0.6) is 0 Å². The number of hydrogen-bond donors (Lipinski definition) is 1. The van der Waals surface area contributed by atoms with Crippen LogP contribution in [0.3, 0.4) is 0 Å². The summed E-state index contributed by atoms with van der Waals surface area (Å²) < 4.78 is 26.5. The highest BCUT2D eigenvalue weighted by molar-refractivity contribution is 9.10. The molecule has 0 spiro atoms. The van der Waals surface area contributed by atoms with E-state index in [0.29, 0.717) is 5.69 Å². The van der Waals surface area contributed by atoms with Crippen molar-refractivity contribution < 1.29 is 8.42 Å². The summed E-state index contributed by atoms with van der Waals surface area (Å²) in [6.45, 7) is 6.92. The van der Waals surface area contributed by atoms with Gasteiger partial charge in [0.15, 0.2) is 0 Å². The fourth-order valence-electron chi connectivity index (χ4n) is 1.10. The number of nitrogens with one attached hydrogen (secondary N) is 1. The van der Waals surface area contributed by atoms with Gasteiger partial charge in [0.1, 0.15) is 0 Å². The maximum absolute atomic E-state index is 11.9. The SMILES string of the molecule is Cc1cc(Br)cc(NS(=O)(=O)C(C)(C)C)c1. The Balaban J connectivity index is 3.07. The third-order valence-electron chi connectivity index (χ3n) is 2.10. The predicted molar refractivity (Wildman–Crippen MR) is 71.2 cm³/mol. The van der Waals surface area contributed by atoms with Gasteiger partial charge in [-0.05, 0) is 51.5 Å². The zero-order valence-corrected chi connectivity index (χ0v) is 12.2. The Morgan fingerprint density at radius 2 is 1.75 bits per heavy atom. The molecule has 1 aromatic rings. The molecule has 3 nitrogen and oxygen atoms in total. The van der Waals surface area contributed by atoms with Gasteiger partial charge in [0.2, 0.25) is 10.0 Å². The molecular weight excluding hydrogens is 290 g/mol. The molecule has 1 aromatic carbocycles. The van der Waals surface area contributed by atoms with E-state index in [2.05, 4.69) is 20.7 Å². The van der Waals surface area contributed by atoms with Crippen LogP contribution in [0.2, 0.25) is 0 Å². The van der Waals surface area contributed by atoms with E-state index in [1.54, 1.807) is 32.9 Å². The Hall–Kier alpha value is -0.550. The Labute approximate surface area is 105 Å². The summed E-state index contributed by atoms with van der Waals surface area (Å²) in [6, 6.07) is 5.47. The lowest BCUT2D eigenvalue weighted by Crippen LogP contribution is -2.33. The topological polar surface area (TPSA) is 46.2 Å². The van der Waals surface area contributed by atoms with Gasteiger partial charge in [-0.2, -0.15) is 0 Å². The van der Waals surface area contributed by atoms with Gasteiger partial charge in [0.25, 0.3) is 0 Å². The van der Waals surface area contributed by atoms with Crippen LogP contribution in [0.15, 0.2) is 22.7 Å². The summed E-state index contributed by atoms with van der Waals surface area (Å²) in [5.41, 5.74) is 1.59. The van der Waals surface area contributed by atoms with E-state index < -0.39 is 14.8 Å². The van der Waals surface area contributed by atoms with Crippen molar-refractivity contribution in [3.05, 3.63) is 28.2 Å². The van der Waals surface area contributed by atoms with E-state index in [9.17, 15) is 8.42 Å². The number of sulfonamides is 1. The van der Waals surface area contributed by atoms with Crippen molar-refractivity contribution in [3.8, 4) is 0 Å². The second-order valence-electron chi connectivity index (χ2n) is 4.74. The first kappa shape index (κ1) is 13.5. The lowest BCUT2D eigenvalue weighted by Gasteiger charge is -2.20. The monoisotopic (exact) mass is 305 g/mol. The molecule has 0 amide bonds. The molecule has 5 heteroatoms. The minimum Gasteiger partial charge on any atom is -0.283 e. The normalized spacial score (nSPS) is 12.6. The maximum Gasteiger partial charge on any atom is 0.237 e. The molecule has 1 N–H and O–H groups in total. The van der Waals surface area contributed by atoms with Crippen LogP contribution in [0.1, 0.15) is 26.3 Å². The molecule has 0 aliphatic carbocycles. The molecule has 0 aliphatic rings. The third kappa shape index (κ3) is 3.22. The summed E-state index contributed by atoms with van der Waals surface area (Å²) in [4.78, 5) is 0. The summed E-state index contributed by atoms with van der Waals surface area (Å²) in [7, 11) is -3.36. The molecule has 0 fully saturated rings. The van der Waals surface area contributed by atoms with Crippen molar-refractivity contribution in [2.24, 2.45) is 0 Å². The molecule has 0 bridgehead atoms. The van der Waals surface area contributed by atoms with Crippen LogP contribution >= 0.6 is 15.9 Å². The number of hydrogen-bond acceptors (Lipinski definition) is 2. The largest absolute Gasteiger partial charge is 0.283 e. The molecule has 0 saturated heterocycles. The fourth-order valence-corrected chi connectivity index (χ4v) is 2.45. The molecule has 0 radical (unpaired) electrons. The molecule has 0 unspecified atom stereocenters. The van der Waals surface area contributed by atoms with E-state index in [4.69, 9.17) is 0 Å². The molecule has 0 aliphatic heterocycles. The molecule has 1 rings (SSSR count). The molecule has 0 atom stereocenters. The van der Waals surface area contributed by atoms with E-state index in [1.165, 1.54) is 0 Å². The highest BCUT2D eigenvalue weighted by Gasteiger charge is 2.28. The molecule has 0 heterocycles. The van der Waals surface area contributed by atoms with Gasteiger partial charge in [-0.25, -0.2) is 8.42 Å². The van der Waals surface area contributed by atoms with Gasteiger partial charge in [-0.1, -0.05) is 15.9 Å². The zero-order valence-electron chi connectivity index (χ0n) is 9.83. The summed E-state index contributed by atoms with van der Waals surface area (Å²) in [5, 5.41) is 0. The molecule has 16 heavy (non-hydrogen) atoms. The molecule has 0 saturated carbocycles. The van der Waals surface area contributed by atoms with Gasteiger partial charge in [-0.15, -0.1) is 0 Å². The first-order chi connectivity index (χ1) is 7.12. The highest BCUT2D eigenvalue weighted by atomic mass is 79.9. The zero-order chi connectivity index (χ0) is 12.6. The number of aryl methyl sites for hydroxylation is 1. The van der Waals surface area contributed by atoms with Crippen LogP contribution in [0.25, 0.3) is 0 Å². The fraction of sp³-hybridized carbons (Fsp3) is 0.455. The second-order valence-corrected chi connectivity index (χ2v) is 8.09. The minimum absolute atomic E-state index is 0.585. The highest BCUT2D eigenvalue weighted by Crippen LogP contribution is 2.23. The average molecular weight is 306 g/mol. The van der Waals surface area contributed by atoms with E-state index in [-0.39, 0.29) is 0 Å². The van der Waals surface area contributed by atoms with Crippen molar-refractivity contribution in [3.63, 3.8) is 0 Å². The Morgan fingerprint density at radius 1 is 1.19 bits per heavy atom. The van der Waals surface area contributed by atoms with Gasteiger partial charge >= 0.3 is 0 Å². The standard InChI is InChI=1S/C11H16BrNO2S/c1-8-5-9(12)7-10(6-8)13-16(14,15)11(2,3)4/h5-7,13H,1-4H3. The summed E-state index contributed by atoms with van der Waals surface area (Å²) in [6.07, 6.45) is 0. The quantitative estimate of drug-likeness (QED) is 0.911. The Morgan fingerprint density at radius 3 is 2.19 bits per heavy atom. The summed E-state index contributed by atoms with van der Waals surface area (Å²) in [5.74, 6) is 0. The van der Waals surface area contributed by atoms with E-state index in [1.807, 2.05) is 13.0 Å². The first-order valence-electron chi connectivity index (χ1n) is 4.91. The lowest BCUT2D eigenvalue weighted by atomic mass is 10.2. The van der Waals surface area contributed by atoms with Gasteiger partial charge in [0.05, 0.1) is 4.75 Å². The third-order valence-corrected chi connectivity index (χ3v) is 4.68. The molecule has 0 aromatic heterocycles. The van der Waals surface area contributed by atoms with Crippen molar-refractivity contribution in [1.82, 2.24) is 0 Å². The van der Waals surface area contributed by atoms with Crippen molar-refractivity contribution >= 4 is 31.6 Å². The van der Waals surface area contributed by atoms with Crippen molar-refractivity contribution in [2.75, 3.05) is 4.72 Å². The number of halogens is 1. The van der Waals surface area contributed by atoms with Gasteiger partial charge in [-0.3, -0.25) is 4.72 Å². The van der Waals surface area contributed by atoms with Gasteiger partial charge < -0.3 is 0 Å². The lowest BCUT2D eigenvalue weighted by molar-refractivity contribution is 0.566. The number of benzene rings is 1. The Kier molecular flexibility index (Phi) is 3.69. The Bertz CT molecular complexity index is 469. The van der Waals surface area contributed by atoms with Crippen LogP contribution in [0.4, 0.5) is 5.69 Å². The number of anilines is 1. The van der Waals surface area contributed by atoms with E-state index >= 15 is 0 Å². The smallest absolute Gasteiger partial charge is 0.237 e. The van der Waals surface area contributed by atoms with Crippen LogP contribution < -0.4 is 4.72 Å². The van der Waals surface area contributed by atoms with Crippen molar-refractivity contribution in [2.45, 2.75) is 32.4 Å². The average Bonchev–Trinajstić information content (AvgIpc) is 1.97. The van der Waals surface area contributed by atoms with E-state index in [0.717, 1.165) is 10.0 Å². The van der Waals surface area contributed by atoms with Crippen LogP contribution in [0, 0.1) is 6.92 Å². The molecule has 90 valence electrons.